The van der Waals surface area contributed by atoms with Gasteiger partial charge in [-0.25, -0.2) is 13.2 Å². The van der Waals surface area contributed by atoms with Crippen molar-refractivity contribution in [1.82, 2.24) is 9.80 Å². The fourth-order valence-corrected chi connectivity index (χ4v) is 3.86. The highest BCUT2D eigenvalue weighted by molar-refractivity contribution is 7.91. The number of amides is 2. The van der Waals surface area contributed by atoms with Crippen LogP contribution in [0.25, 0.3) is 0 Å². The van der Waals surface area contributed by atoms with Gasteiger partial charge in [-0.2, -0.15) is 0 Å². The molecule has 0 spiro atoms. The highest BCUT2D eigenvalue weighted by atomic mass is 35.5. The van der Waals surface area contributed by atoms with Crippen LogP contribution in [0.1, 0.15) is 39.3 Å². The van der Waals surface area contributed by atoms with Gasteiger partial charge in [0.05, 0.1) is 0 Å². The second kappa shape index (κ2) is 8.06. The molecule has 1 atom stereocenters. The minimum atomic E-state index is -3.39. The van der Waals surface area contributed by atoms with E-state index in [2.05, 4.69) is 0 Å². The number of hydrogen-bond donors (Lipinski definition) is 0. The van der Waals surface area contributed by atoms with E-state index in [1.54, 1.807) is 45.0 Å². The van der Waals surface area contributed by atoms with E-state index in [1.807, 2.05) is 0 Å². The number of sulfone groups is 1. The molecular formula is C18H25ClN2O5S. The molecule has 1 fully saturated rings. The summed E-state index contributed by atoms with van der Waals surface area (Å²) in [6.07, 6.45) is -0.626. The van der Waals surface area contributed by atoms with Crippen molar-refractivity contribution >= 4 is 33.4 Å². The summed E-state index contributed by atoms with van der Waals surface area (Å²) in [6.45, 7) is 7.04. The Bertz CT molecular complexity index is 819. The van der Waals surface area contributed by atoms with Crippen molar-refractivity contribution in [1.29, 1.82) is 0 Å². The molecule has 0 aliphatic carbocycles. The van der Waals surface area contributed by atoms with E-state index in [0.717, 1.165) is 0 Å². The van der Waals surface area contributed by atoms with E-state index >= 15 is 0 Å². The van der Waals surface area contributed by atoms with Crippen LogP contribution in [0, 0.1) is 0 Å². The highest BCUT2D eigenvalue weighted by Crippen LogP contribution is 2.30. The number of hydrogen-bond acceptors (Lipinski definition) is 5. The van der Waals surface area contributed by atoms with Crippen molar-refractivity contribution in [3.63, 3.8) is 0 Å². The van der Waals surface area contributed by atoms with E-state index in [9.17, 15) is 18.0 Å². The van der Waals surface area contributed by atoms with E-state index in [0.29, 0.717) is 10.6 Å². The van der Waals surface area contributed by atoms with Crippen LogP contribution < -0.4 is 0 Å². The zero-order chi connectivity index (χ0) is 20.4. The summed E-state index contributed by atoms with van der Waals surface area (Å²) in [4.78, 5) is 28.3. The van der Waals surface area contributed by atoms with Crippen LogP contribution in [-0.2, 0) is 19.4 Å². The lowest BCUT2D eigenvalue weighted by Crippen LogP contribution is -2.55. The predicted molar refractivity (Wildman–Crippen MR) is 103 cm³/mol. The van der Waals surface area contributed by atoms with Gasteiger partial charge < -0.3 is 9.64 Å². The number of benzene rings is 1. The lowest BCUT2D eigenvalue weighted by Gasteiger charge is -2.40. The largest absolute Gasteiger partial charge is 0.444 e. The standard InChI is InChI=1S/C18H25ClN2O5S/c1-5-27(24,25)12-20-9-10-21(17(23)26-18(2,3)4)15(16(20)22)13-7-6-8-14(19)11-13/h6-8,11,15H,5,9-10,12H2,1-4H3/t15-/m1/s1. The number of carbonyl (C=O) groups excluding carboxylic acids is 2. The molecule has 1 aliphatic rings. The Morgan fingerprint density at radius 3 is 2.52 bits per heavy atom. The molecule has 0 unspecified atom stereocenters. The van der Waals surface area contributed by atoms with Gasteiger partial charge in [-0.3, -0.25) is 9.69 Å². The third kappa shape index (κ3) is 5.59. The number of piperazine rings is 1. The molecule has 1 aliphatic heterocycles. The quantitative estimate of drug-likeness (QED) is 0.753. The molecule has 1 aromatic carbocycles. The molecule has 0 N–H and O–H groups in total. The number of carbonyl (C=O) groups is 2. The summed E-state index contributed by atoms with van der Waals surface area (Å²) < 4.78 is 29.4. The van der Waals surface area contributed by atoms with Crippen LogP contribution in [0.3, 0.4) is 0 Å². The first kappa shape index (κ1) is 21.5. The molecule has 150 valence electrons. The van der Waals surface area contributed by atoms with Gasteiger partial charge in [0, 0.05) is 23.9 Å². The van der Waals surface area contributed by atoms with Crippen LogP contribution in [0.5, 0.6) is 0 Å². The lowest BCUT2D eigenvalue weighted by molar-refractivity contribution is -0.140. The third-order valence-corrected chi connectivity index (χ3v) is 5.87. The molecular weight excluding hydrogens is 392 g/mol. The SMILES string of the molecule is CCS(=O)(=O)CN1CCN(C(=O)OC(C)(C)C)[C@H](c2cccc(Cl)c2)C1=O. The van der Waals surface area contributed by atoms with E-state index < -0.39 is 33.5 Å². The van der Waals surface area contributed by atoms with Gasteiger partial charge in [0.15, 0.2) is 9.84 Å². The van der Waals surface area contributed by atoms with Gasteiger partial charge in [0.1, 0.15) is 17.5 Å². The van der Waals surface area contributed by atoms with Crippen molar-refractivity contribution in [2.24, 2.45) is 0 Å². The molecule has 1 saturated heterocycles. The van der Waals surface area contributed by atoms with Gasteiger partial charge in [0.2, 0.25) is 0 Å². The van der Waals surface area contributed by atoms with Crippen LogP contribution >= 0.6 is 11.6 Å². The first-order chi connectivity index (χ1) is 12.4. The summed E-state index contributed by atoms with van der Waals surface area (Å²) in [6, 6.07) is 5.64. The van der Waals surface area contributed by atoms with Crippen LogP contribution in [0.15, 0.2) is 24.3 Å². The Kier molecular flexibility index (Phi) is 6.42. The third-order valence-electron chi connectivity index (χ3n) is 4.05. The Hall–Kier alpha value is -1.80. The number of halogens is 1. The molecule has 2 rings (SSSR count). The van der Waals surface area contributed by atoms with Crippen molar-refractivity contribution < 1.29 is 22.7 Å². The lowest BCUT2D eigenvalue weighted by atomic mass is 10.0. The second-order valence-electron chi connectivity index (χ2n) is 7.39. The highest BCUT2D eigenvalue weighted by Gasteiger charge is 2.41. The normalized spacial score (nSPS) is 18.6. The van der Waals surface area contributed by atoms with E-state index in [4.69, 9.17) is 16.3 Å². The minimum Gasteiger partial charge on any atom is -0.444 e. The Morgan fingerprint density at radius 2 is 1.96 bits per heavy atom. The number of ether oxygens (including phenoxy) is 1. The second-order valence-corrected chi connectivity index (χ2v) is 10.2. The molecule has 9 heteroatoms. The molecule has 0 radical (unpaired) electrons. The predicted octanol–water partition coefficient (Wildman–Crippen LogP) is 2.85. The van der Waals surface area contributed by atoms with Gasteiger partial charge in [-0.15, -0.1) is 0 Å². The maximum atomic E-state index is 13.1. The van der Waals surface area contributed by atoms with Crippen molar-refractivity contribution in [3.8, 4) is 0 Å². The smallest absolute Gasteiger partial charge is 0.411 e. The van der Waals surface area contributed by atoms with Crippen LogP contribution in [-0.4, -0.2) is 60.5 Å². The summed E-state index contributed by atoms with van der Waals surface area (Å²) in [5, 5.41) is 0.419. The minimum absolute atomic E-state index is 0.0611. The molecule has 1 aromatic rings. The van der Waals surface area contributed by atoms with Crippen LogP contribution in [0.2, 0.25) is 5.02 Å². The average Bonchev–Trinajstić information content (AvgIpc) is 2.54. The van der Waals surface area contributed by atoms with E-state index in [1.165, 1.54) is 16.7 Å². The first-order valence-corrected chi connectivity index (χ1v) is 10.9. The maximum absolute atomic E-state index is 13.1. The van der Waals surface area contributed by atoms with Gasteiger partial charge >= 0.3 is 6.09 Å². The maximum Gasteiger partial charge on any atom is 0.411 e. The monoisotopic (exact) mass is 416 g/mol. The zero-order valence-corrected chi connectivity index (χ0v) is 17.5. The molecule has 1 heterocycles. The van der Waals surface area contributed by atoms with Crippen molar-refractivity contribution in [2.75, 3.05) is 24.7 Å². The summed E-state index contributed by atoms with van der Waals surface area (Å²) in [7, 11) is -3.39. The Labute approximate surface area is 165 Å². The van der Waals surface area contributed by atoms with Gasteiger partial charge in [-0.05, 0) is 38.5 Å². The summed E-state index contributed by atoms with van der Waals surface area (Å²) in [5.41, 5.74) is -0.209. The topological polar surface area (TPSA) is 84.0 Å². The molecule has 0 saturated carbocycles. The number of rotatable bonds is 4. The Morgan fingerprint density at radius 1 is 1.30 bits per heavy atom. The molecule has 0 aromatic heterocycles. The molecule has 0 bridgehead atoms. The fraction of sp³-hybridized carbons (Fsp3) is 0.556. The zero-order valence-electron chi connectivity index (χ0n) is 15.9. The first-order valence-electron chi connectivity index (χ1n) is 8.68. The Balaban J connectivity index is 2.38. The molecule has 7 nitrogen and oxygen atoms in total. The van der Waals surface area contributed by atoms with E-state index in [-0.39, 0.29) is 24.7 Å². The fourth-order valence-electron chi connectivity index (χ4n) is 2.75. The van der Waals surface area contributed by atoms with Crippen molar-refractivity contribution in [2.45, 2.75) is 39.3 Å². The van der Waals surface area contributed by atoms with Gasteiger partial charge in [0.25, 0.3) is 5.91 Å². The van der Waals surface area contributed by atoms with Crippen molar-refractivity contribution in [3.05, 3.63) is 34.9 Å². The average molecular weight is 417 g/mol. The number of nitrogens with zero attached hydrogens (tertiary/aromatic N) is 2. The molecule has 27 heavy (non-hydrogen) atoms. The summed E-state index contributed by atoms with van der Waals surface area (Å²) >= 11 is 6.06. The van der Waals surface area contributed by atoms with Gasteiger partial charge in [-0.1, -0.05) is 30.7 Å². The molecule has 2 amide bonds. The van der Waals surface area contributed by atoms with Crippen LogP contribution in [0.4, 0.5) is 4.79 Å². The summed E-state index contributed by atoms with van der Waals surface area (Å²) in [5.74, 6) is -0.901.